The SMILES string of the molecule is Cc1noc(C)c1COC(=O)COc1ccccc1[N+](=O)[O-]. The number of hydrogen-bond acceptors (Lipinski definition) is 7. The largest absolute Gasteiger partial charge is 0.475 e. The third kappa shape index (κ3) is 3.60. The van der Waals surface area contributed by atoms with Gasteiger partial charge in [0.1, 0.15) is 12.4 Å². The van der Waals surface area contributed by atoms with E-state index in [-0.39, 0.29) is 18.0 Å². The van der Waals surface area contributed by atoms with Crippen LogP contribution in [0.15, 0.2) is 28.8 Å². The van der Waals surface area contributed by atoms with Crippen LogP contribution >= 0.6 is 0 Å². The first-order chi connectivity index (χ1) is 10.5. The van der Waals surface area contributed by atoms with Crippen LogP contribution in [-0.2, 0) is 16.1 Å². The smallest absolute Gasteiger partial charge is 0.344 e. The molecule has 0 aliphatic heterocycles. The Hall–Kier alpha value is -2.90. The molecular weight excluding hydrogens is 292 g/mol. The molecule has 0 spiro atoms. The third-order valence-corrected chi connectivity index (χ3v) is 2.97. The highest BCUT2D eigenvalue weighted by atomic mass is 16.6. The highest BCUT2D eigenvalue weighted by Gasteiger charge is 2.16. The zero-order chi connectivity index (χ0) is 16.1. The Balaban J connectivity index is 1.90. The number of aryl methyl sites for hydroxylation is 2. The minimum atomic E-state index is -0.641. The predicted octanol–water partition coefficient (Wildman–Crippen LogP) is 2.32. The Morgan fingerprint density at radius 1 is 1.36 bits per heavy atom. The Bertz CT molecular complexity index is 675. The number of nitrogens with zero attached hydrogens (tertiary/aromatic N) is 2. The fourth-order valence-corrected chi connectivity index (χ4v) is 1.77. The highest BCUT2D eigenvalue weighted by Crippen LogP contribution is 2.25. The highest BCUT2D eigenvalue weighted by molar-refractivity contribution is 5.71. The maximum atomic E-state index is 11.6. The van der Waals surface area contributed by atoms with Crippen molar-refractivity contribution >= 4 is 11.7 Å². The maximum absolute atomic E-state index is 11.6. The zero-order valence-corrected chi connectivity index (χ0v) is 12.1. The number of carbonyl (C=O) groups is 1. The van der Waals surface area contributed by atoms with Gasteiger partial charge in [-0.3, -0.25) is 10.1 Å². The molecule has 116 valence electrons. The molecule has 2 aromatic rings. The minimum Gasteiger partial charge on any atom is -0.475 e. The quantitative estimate of drug-likeness (QED) is 0.458. The molecular formula is C14H14N2O6. The van der Waals surface area contributed by atoms with Crippen molar-refractivity contribution in [1.82, 2.24) is 5.16 Å². The molecule has 0 aliphatic carbocycles. The van der Waals surface area contributed by atoms with Crippen molar-refractivity contribution in [3.8, 4) is 5.75 Å². The number of benzene rings is 1. The van der Waals surface area contributed by atoms with E-state index in [4.69, 9.17) is 14.0 Å². The zero-order valence-electron chi connectivity index (χ0n) is 12.1. The van der Waals surface area contributed by atoms with Gasteiger partial charge in [-0.25, -0.2) is 4.79 Å². The van der Waals surface area contributed by atoms with E-state index in [1.165, 1.54) is 18.2 Å². The number of hydrogen-bond donors (Lipinski definition) is 0. The normalized spacial score (nSPS) is 10.3. The van der Waals surface area contributed by atoms with E-state index in [9.17, 15) is 14.9 Å². The lowest BCUT2D eigenvalue weighted by molar-refractivity contribution is -0.385. The summed E-state index contributed by atoms with van der Waals surface area (Å²) in [6, 6.07) is 5.81. The molecule has 8 nitrogen and oxygen atoms in total. The Morgan fingerprint density at radius 2 is 2.09 bits per heavy atom. The summed E-state index contributed by atoms with van der Waals surface area (Å²) in [6.45, 7) is 3.05. The number of nitro groups is 1. The first-order valence-corrected chi connectivity index (χ1v) is 6.42. The summed E-state index contributed by atoms with van der Waals surface area (Å²) in [5.74, 6) is -0.0511. The second-order valence-corrected chi connectivity index (χ2v) is 4.48. The average molecular weight is 306 g/mol. The minimum absolute atomic E-state index is 0.0141. The number of carbonyl (C=O) groups excluding carboxylic acids is 1. The Labute approximate surface area is 125 Å². The first kappa shape index (κ1) is 15.5. The van der Waals surface area contributed by atoms with Crippen LogP contribution in [0.3, 0.4) is 0 Å². The van der Waals surface area contributed by atoms with Crippen molar-refractivity contribution in [2.45, 2.75) is 20.5 Å². The van der Waals surface area contributed by atoms with Crippen LogP contribution in [0.4, 0.5) is 5.69 Å². The molecule has 0 radical (unpaired) electrons. The molecule has 0 unspecified atom stereocenters. The van der Waals surface area contributed by atoms with Gasteiger partial charge in [-0.15, -0.1) is 0 Å². The van der Waals surface area contributed by atoms with Crippen molar-refractivity contribution in [3.05, 3.63) is 51.4 Å². The van der Waals surface area contributed by atoms with Crippen LogP contribution in [-0.4, -0.2) is 22.7 Å². The van der Waals surface area contributed by atoms with Crippen molar-refractivity contribution in [2.75, 3.05) is 6.61 Å². The van der Waals surface area contributed by atoms with E-state index in [1.807, 2.05) is 0 Å². The summed E-state index contributed by atoms with van der Waals surface area (Å²) in [6.07, 6.45) is 0. The molecule has 0 atom stereocenters. The third-order valence-electron chi connectivity index (χ3n) is 2.97. The molecule has 0 saturated carbocycles. The molecule has 1 aromatic carbocycles. The van der Waals surface area contributed by atoms with Gasteiger partial charge in [-0.05, 0) is 19.9 Å². The molecule has 1 heterocycles. The molecule has 0 saturated heterocycles. The molecule has 0 amide bonds. The predicted molar refractivity (Wildman–Crippen MR) is 74.4 cm³/mol. The number of ether oxygens (including phenoxy) is 2. The molecule has 0 bridgehead atoms. The van der Waals surface area contributed by atoms with E-state index in [2.05, 4.69) is 5.16 Å². The lowest BCUT2D eigenvalue weighted by atomic mass is 10.2. The van der Waals surface area contributed by atoms with Gasteiger partial charge in [-0.1, -0.05) is 17.3 Å². The summed E-state index contributed by atoms with van der Waals surface area (Å²) < 4.78 is 15.1. The van der Waals surface area contributed by atoms with E-state index in [0.717, 1.165) is 0 Å². The number of nitro benzene ring substituents is 1. The number of esters is 1. The second kappa shape index (κ2) is 6.70. The van der Waals surface area contributed by atoms with Gasteiger partial charge in [0, 0.05) is 6.07 Å². The lowest BCUT2D eigenvalue weighted by Gasteiger charge is -2.07. The summed E-state index contributed by atoms with van der Waals surface area (Å²) in [4.78, 5) is 21.9. The van der Waals surface area contributed by atoms with Crippen LogP contribution < -0.4 is 4.74 Å². The molecule has 2 rings (SSSR count). The first-order valence-electron chi connectivity index (χ1n) is 6.42. The number of para-hydroxylation sites is 2. The van der Waals surface area contributed by atoms with E-state index >= 15 is 0 Å². The molecule has 0 fully saturated rings. The molecule has 8 heteroatoms. The fourth-order valence-electron chi connectivity index (χ4n) is 1.77. The van der Waals surface area contributed by atoms with Gasteiger partial charge in [-0.2, -0.15) is 0 Å². The standard InChI is InChI=1S/C14H14N2O6/c1-9-11(10(2)22-15-9)7-21-14(17)8-20-13-6-4-3-5-12(13)16(18)19/h3-6H,7-8H2,1-2H3. The van der Waals surface area contributed by atoms with Gasteiger partial charge < -0.3 is 14.0 Å². The van der Waals surface area contributed by atoms with Crippen LogP contribution in [0.5, 0.6) is 5.75 Å². The van der Waals surface area contributed by atoms with Crippen LogP contribution in [0, 0.1) is 24.0 Å². The van der Waals surface area contributed by atoms with Crippen molar-refractivity contribution in [1.29, 1.82) is 0 Å². The van der Waals surface area contributed by atoms with Crippen LogP contribution in [0.25, 0.3) is 0 Å². The van der Waals surface area contributed by atoms with Crippen molar-refractivity contribution < 1.29 is 23.7 Å². The van der Waals surface area contributed by atoms with Crippen molar-refractivity contribution in [3.63, 3.8) is 0 Å². The van der Waals surface area contributed by atoms with E-state index in [1.54, 1.807) is 19.9 Å². The number of aromatic nitrogens is 1. The Kier molecular flexibility index (Phi) is 4.72. The van der Waals surface area contributed by atoms with Gasteiger partial charge in [0.05, 0.1) is 16.2 Å². The molecule has 1 aromatic heterocycles. The maximum Gasteiger partial charge on any atom is 0.344 e. The van der Waals surface area contributed by atoms with Gasteiger partial charge >= 0.3 is 11.7 Å². The summed E-state index contributed by atoms with van der Waals surface area (Å²) in [5, 5.41) is 14.6. The van der Waals surface area contributed by atoms with E-state index in [0.29, 0.717) is 17.0 Å². The van der Waals surface area contributed by atoms with Gasteiger partial charge in [0.15, 0.2) is 12.4 Å². The monoisotopic (exact) mass is 306 g/mol. The van der Waals surface area contributed by atoms with Gasteiger partial charge in [0.2, 0.25) is 0 Å². The Morgan fingerprint density at radius 3 is 2.73 bits per heavy atom. The second-order valence-electron chi connectivity index (χ2n) is 4.48. The summed E-state index contributed by atoms with van der Waals surface area (Å²) in [7, 11) is 0. The number of rotatable bonds is 6. The molecule has 22 heavy (non-hydrogen) atoms. The average Bonchev–Trinajstić information content (AvgIpc) is 2.82. The van der Waals surface area contributed by atoms with Crippen molar-refractivity contribution in [2.24, 2.45) is 0 Å². The lowest BCUT2D eigenvalue weighted by Crippen LogP contribution is -2.15. The topological polar surface area (TPSA) is 105 Å². The van der Waals surface area contributed by atoms with Gasteiger partial charge in [0.25, 0.3) is 0 Å². The van der Waals surface area contributed by atoms with Crippen LogP contribution in [0.1, 0.15) is 17.0 Å². The summed E-state index contributed by atoms with van der Waals surface area (Å²) in [5.41, 5.74) is 1.13. The molecule has 0 aliphatic rings. The molecule has 0 N–H and O–H groups in total. The summed E-state index contributed by atoms with van der Waals surface area (Å²) >= 11 is 0. The van der Waals surface area contributed by atoms with Crippen LogP contribution in [0.2, 0.25) is 0 Å². The fraction of sp³-hybridized carbons (Fsp3) is 0.286. The van der Waals surface area contributed by atoms with E-state index < -0.39 is 17.5 Å².